The average molecular weight is 492 g/mol. The Kier molecular flexibility index (Phi) is 6.12. The van der Waals surface area contributed by atoms with Gasteiger partial charge in [-0.3, -0.25) is 19.3 Å². The maximum Gasteiger partial charge on any atom is 0.418 e. The second-order valence-electron chi connectivity index (χ2n) is 9.19. The molecule has 5 rings (SSSR count). The number of nitrogens with one attached hydrogen (secondary N) is 1. The van der Waals surface area contributed by atoms with Gasteiger partial charge in [0.25, 0.3) is 5.91 Å². The highest BCUT2D eigenvalue weighted by molar-refractivity contribution is 6.22. The van der Waals surface area contributed by atoms with Crippen molar-refractivity contribution in [3.05, 3.63) is 95.6 Å². The summed E-state index contributed by atoms with van der Waals surface area (Å²) in [7, 11) is 0. The SMILES string of the molecule is O=C(Nc1ccccc1C(F)(F)F)c1ccc(N2C(=O)[C@H]3C[C@H](c4ccccc4)CC[C@H]3C2=O)cc1. The number of para-hydroxylation sites is 1. The zero-order valence-corrected chi connectivity index (χ0v) is 19.2. The molecule has 0 unspecified atom stereocenters. The highest BCUT2D eigenvalue weighted by Crippen LogP contribution is 2.45. The number of halogens is 3. The van der Waals surface area contributed by atoms with Crippen LogP contribution >= 0.6 is 0 Å². The third-order valence-electron chi connectivity index (χ3n) is 7.06. The Bertz CT molecular complexity index is 1310. The van der Waals surface area contributed by atoms with E-state index in [1.165, 1.54) is 47.4 Å². The number of fused-ring (bicyclic) bond motifs is 1. The van der Waals surface area contributed by atoms with E-state index in [9.17, 15) is 27.6 Å². The molecule has 0 radical (unpaired) electrons. The molecule has 1 saturated carbocycles. The van der Waals surface area contributed by atoms with E-state index in [4.69, 9.17) is 0 Å². The van der Waals surface area contributed by atoms with Gasteiger partial charge in [0.05, 0.1) is 28.8 Å². The number of rotatable bonds is 4. The van der Waals surface area contributed by atoms with Gasteiger partial charge in [-0.1, -0.05) is 42.5 Å². The standard InChI is InChI=1S/C28H23F3N2O3/c29-28(30,31)23-8-4-5-9-24(23)32-25(34)18-10-13-20(14-11-18)33-26(35)21-15-12-19(16-22(21)27(33)36)17-6-2-1-3-7-17/h1-11,13-14,19,21-22H,12,15-16H2,(H,32,34)/t19-,21-,22+/m1/s1. The maximum atomic E-state index is 13.2. The summed E-state index contributed by atoms with van der Waals surface area (Å²) in [5.74, 6) is -1.75. The van der Waals surface area contributed by atoms with E-state index >= 15 is 0 Å². The molecule has 2 aliphatic rings. The molecule has 184 valence electrons. The minimum atomic E-state index is -4.61. The fraction of sp³-hybridized carbons (Fsp3) is 0.250. The van der Waals surface area contributed by atoms with Crippen LogP contribution in [0.25, 0.3) is 0 Å². The van der Waals surface area contributed by atoms with Crippen molar-refractivity contribution in [3.63, 3.8) is 0 Å². The van der Waals surface area contributed by atoms with Crippen LogP contribution in [0.1, 0.15) is 46.7 Å². The van der Waals surface area contributed by atoms with Crippen LogP contribution in [0.5, 0.6) is 0 Å². The monoisotopic (exact) mass is 492 g/mol. The molecule has 3 atom stereocenters. The van der Waals surface area contributed by atoms with Crippen molar-refractivity contribution in [3.8, 4) is 0 Å². The van der Waals surface area contributed by atoms with E-state index in [0.717, 1.165) is 18.1 Å². The number of hydrogen-bond acceptors (Lipinski definition) is 3. The summed E-state index contributed by atoms with van der Waals surface area (Å²) in [5, 5.41) is 2.29. The van der Waals surface area contributed by atoms with Gasteiger partial charge in [0.1, 0.15) is 0 Å². The molecule has 0 spiro atoms. The van der Waals surface area contributed by atoms with E-state index in [1.54, 1.807) is 0 Å². The van der Waals surface area contributed by atoms with Gasteiger partial charge in [-0.25, -0.2) is 0 Å². The van der Waals surface area contributed by atoms with Crippen LogP contribution in [0, 0.1) is 11.8 Å². The smallest absolute Gasteiger partial charge is 0.321 e. The summed E-state index contributed by atoms with van der Waals surface area (Å²) >= 11 is 0. The average Bonchev–Trinajstić information content (AvgIpc) is 3.13. The molecule has 0 bridgehead atoms. The molecule has 0 aromatic heterocycles. The van der Waals surface area contributed by atoms with Crippen LogP contribution < -0.4 is 10.2 Å². The Hall–Kier alpha value is -3.94. The molecule has 1 N–H and O–H groups in total. The summed E-state index contributed by atoms with van der Waals surface area (Å²) in [5.41, 5.74) is 0.331. The van der Waals surface area contributed by atoms with Gasteiger partial charge in [-0.05, 0) is 67.1 Å². The number of hydrogen-bond donors (Lipinski definition) is 1. The largest absolute Gasteiger partial charge is 0.418 e. The fourth-order valence-corrected chi connectivity index (χ4v) is 5.26. The summed E-state index contributed by atoms with van der Waals surface area (Å²) in [6, 6.07) is 20.4. The van der Waals surface area contributed by atoms with Crippen LogP contribution in [0.4, 0.5) is 24.5 Å². The number of nitrogens with zero attached hydrogens (tertiary/aromatic N) is 1. The van der Waals surface area contributed by atoms with E-state index in [1.807, 2.05) is 30.3 Å². The first-order valence-corrected chi connectivity index (χ1v) is 11.7. The second-order valence-corrected chi connectivity index (χ2v) is 9.19. The highest BCUT2D eigenvalue weighted by Gasteiger charge is 2.50. The number of benzene rings is 3. The number of imide groups is 1. The Balaban J connectivity index is 1.31. The molecule has 3 amide bonds. The number of alkyl halides is 3. The lowest BCUT2D eigenvalue weighted by molar-refractivity contribution is -0.137. The molecule has 2 fully saturated rings. The highest BCUT2D eigenvalue weighted by atomic mass is 19.4. The van der Waals surface area contributed by atoms with E-state index < -0.39 is 23.6 Å². The quantitative estimate of drug-likeness (QED) is 0.452. The molecule has 3 aromatic carbocycles. The maximum absolute atomic E-state index is 13.2. The first-order chi connectivity index (χ1) is 17.2. The van der Waals surface area contributed by atoms with Gasteiger partial charge in [0.15, 0.2) is 0 Å². The summed E-state index contributed by atoms with van der Waals surface area (Å²) in [6.45, 7) is 0. The first-order valence-electron chi connectivity index (χ1n) is 11.7. The van der Waals surface area contributed by atoms with Gasteiger partial charge in [0, 0.05) is 5.56 Å². The second kappa shape index (κ2) is 9.26. The van der Waals surface area contributed by atoms with Crippen LogP contribution in [0.3, 0.4) is 0 Å². The molecule has 1 heterocycles. The lowest BCUT2D eigenvalue weighted by Gasteiger charge is -2.28. The summed E-state index contributed by atoms with van der Waals surface area (Å²) in [4.78, 5) is 40.1. The van der Waals surface area contributed by atoms with E-state index in [-0.39, 0.29) is 34.9 Å². The van der Waals surface area contributed by atoms with Crippen LogP contribution in [0.2, 0.25) is 0 Å². The van der Waals surface area contributed by atoms with Gasteiger partial charge in [-0.2, -0.15) is 13.2 Å². The Morgan fingerprint density at radius 3 is 2.14 bits per heavy atom. The van der Waals surface area contributed by atoms with Crippen LogP contribution in [0.15, 0.2) is 78.9 Å². The number of carbonyl (C=O) groups excluding carboxylic acids is 3. The molecule has 8 heteroatoms. The van der Waals surface area contributed by atoms with Crippen molar-refractivity contribution in [1.29, 1.82) is 0 Å². The molecule has 1 aliphatic heterocycles. The number of anilines is 2. The summed E-state index contributed by atoms with van der Waals surface area (Å²) < 4.78 is 39.7. The first kappa shape index (κ1) is 23.8. The Morgan fingerprint density at radius 2 is 1.44 bits per heavy atom. The molecule has 1 saturated heterocycles. The van der Waals surface area contributed by atoms with Crippen LogP contribution in [-0.4, -0.2) is 17.7 Å². The van der Waals surface area contributed by atoms with E-state index in [2.05, 4.69) is 5.32 Å². The number of amides is 3. The topological polar surface area (TPSA) is 66.5 Å². The van der Waals surface area contributed by atoms with Crippen molar-refractivity contribution in [1.82, 2.24) is 0 Å². The molecule has 5 nitrogen and oxygen atoms in total. The molecule has 1 aliphatic carbocycles. The minimum Gasteiger partial charge on any atom is -0.321 e. The molecule has 3 aromatic rings. The number of carbonyl (C=O) groups is 3. The van der Waals surface area contributed by atoms with Crippen molar-refractivity contribution < 1.29 is 27.6 Å². The molecule has 36 heavy (non-hydrogen) atoms. The van der Waals surface area contributed by atoms with Gasteiger partial charge >= 0.3 is 6.18 Å². The predicted molar refractivity (Wildman–Crippen MR) is 128 cm³/mol. The fourth-order valence-electron chi connectivity index (χ4n) is 5.26. The van der Waals surface area contributed by atoms with Crippen molar-refractivity contribution in [2.24, 2.45) is 11.8 Å². The van der Waals surface area contributed by atoms with Gasteiger partial charge in [-0.15, -0.1) is 0 Å². The normalized spacial score (nSPS) is 21.9. The third kappa shape index (κ3) is 4.39. The van der Waals surface area contributed by atoms with Crippen molar-refractivity contribution >= 4 is 29.1 Å². The summed E-state index contributed by atoms with van der Waals surface area (Å²) in [6.07, 6.45) is -2.55. The minimum absolute atomic E-state index is 0.108. The zero-order valence-electron chi connectivity index (χ0n) is 19.2. The van der Waals surface area contributed by atoms with Crippen molar-refractivity contribution in [2.45, 2.75) is 31.4 Å². The molecular weight excluding hydrogens is 469 g/mol. The lowest BCUT2D eigenvalue weighted by Crippen LogP contribution is -2.30. The van der Waals surface area contributed by atoms with Gasteiger partial charge in [0.2, 0.25) is 11.8 Å². The van der Waals surface area contributed by atoms with Crippen LogP contribution in [-0.2, 0) is 15.8 Å². The zero-order chi connectivity index (χ0) is 25.4. The Morgan fingerprint density at radius 1 is 0.806 bits per heavy atom. The van der Waals surface area contributed by atoms with E-state index in [0.29, 0.717) is 18.5 Å². The third-order valence-corrected chi connectivity index (χ3v) is 7.06. The molecular formula is C28H23F3N2O3. The van der Waals surface area contributed by atoms with Gasteiger partial charge < -0.3 is 5.32 Å². The Labute approximate surface area is 205 Å². The lowest BCUT2D eigenvalue weighted by atomic mass is 9.73. The van der Waals surface area contributed by atoms with Crippen molar-refractivity contribution in [2.75, 3.05) is 10.2 Å². The predicted octanol–water partition coefficient (Wildman–Crippen LogP) is 6.03.